The van der Waals surface area contributed by atoms with E-state index in [1.54, 1.807) is 24.3 Å². The Morgan fingerprint density at radius 3 is 2.23 bits per heavy atom. The topological polar surface area (TPSA) is 63.7 Å². The molecule has 5 nitrogen and oxygen atoms in total. The summed E-state index contributed by atoms with van der Waals surface area (Å²) in [5.74, 6) is 0.582. The molecule has 0 radical (unpaired) electrons. The van der Waals surface area contributed by atoms with Crippen molar-refractivity contribution < 1.29 is 21.8 Å². The second-order valence-electron chi connectivity index (χ2n) is 8.58. The highest BCUT2D eigenvalue weighted by Crippen LogP contribution is 2.32. The third-order valence-electron chi connectivity index (χ3n) is 6.13. The van der Waals surface area contributed by atoms with Crippen molar-refractivity contribution in [2.45, 2.75) is 68.8 Å². The number of carbonyl (C=O) groups is 1. The minimum Gasteiger partial charge on any atom is -0.379 e. The van der Waals surface area contributed by atoms with Crippen LogP contribution in [0.5, 0.6) is 5.75 Å². The lowest BCUT2D eigenvalue weighted by Gasteiger charge is -2.23. The molecule has 7 heteroatoms. The average Bonchev–Trinajstić information content (AvgIpc) is 3.46. The van der Waals surface area contributed by atoms with Gasteiger partial charge in [0.15, 0.2) is 0 Å². The Morgan fingerprint density at radius 1 is 0.968 bits per heavy atom. The van der Waals surface area contributed by atoms with Gasteiger partial charge in [-0.2, -0.15) is 8.42 Å². The highest BCUT2D eigenvalue weighted by molar-refractivity contribution is 7.87. The van der Waals surface area contributed by atoms with E-state index in [2.05, 4.69) is 0 Å². The van der Waals surface area contributed by atoms with Crippen LogP contribution in [0.2, 0.25) is 0 Å². The van der Waals surface area contributed by atoms with Gasteiger partial charge in [-0.1, -0.05) is 37.8 Å². The lowest BCUT2D eigenvalue weighted by atomic mass is 10.0. The first-order valence-corrected chi connectivity index (χ1v) is 12.4. The van der Waals surface area contributed by atoms with Crippen molar-refractivity contribution in [3.05, 3.63) is 59.9 Å². The van der Waals surface area contributed by atoms with Gasteiger partial charge in [-0.15, -0.1) is 0 Å². The monoisotopic (exact) mass is 445 g/mol. The fourth-order valence-corrected chi connectivity index (χ4v) is 5.13. The molecular formula is C24H28FNO4S. The summed E-state index contributed by atoms with van der Waals surface area (Å²) in [7, 11) is -4.03. The van der Waals surface area contributed by atoms with Crippen molar-refractivity contribution in [1.29, 1.82) is 0 Å². The molecule has 2 aromatic rings. The molecule has 2 saturated carbocycles. The van der Waals surface area contributed by atoms with Gasteiger partial charge >= 0.3 is 10.1 Å². The van der Waals surface area contributed by atoms with Crippen LogP contribution in [-0.4, -0.2) is 25.3 Å². The maximum Gasteiger partial charge on any atom is 0.339 e. The number of benzene rings is 2. The summed E-state index contributed by atoms with van der Waals surface area (Å²) >= 11 is 0. The lowest BCUT2D eigenvalue weighted by molar-refractivity contribution is -0.132. The summed E-state index contributed by atoms with van der Waals surface area (Å²) < 4.78 is 42.9. The number of hydrogen-bond donors (Lipinski definition) is 0. The largest absolute Gasteiger partial charge is 0.379 e. The maximum absolute atomic E-state index is 13.0. The predicted molar refractivity (Wildman–Crippen MR) is 115 cm³/mol. The predicted octanol–water partition coefficient (Wildman–Crippen LogP) is 5.05. The lowest BCUT2D eigenvalue weighted by Crippen LogP contribution is -2.32. The van der Waals surface area contributed by atoms with Crippen LogP contribution in [0, 0.1) is 11.7 Å². The zero-order chi connectivity index (χ0) is 21.8. The normalized spacial score (nSPS) is 16.9. The summed E-state index contributed by atoms with van der Waals surface area (Å²) in [5.41, 5.74) is 0.938. The highest BCUT2D eigenvalue weighted by atomic mass is 32.2. The Balaban J connectivity index is 1.36. The summed E-state index contributed by atoms with van der Waals surface area (Å²) in [4.78, 5) is 14.7. The average molecular weight is 446 g/mol. The molecule has 0 aromatic heterocycles. The van der Waals surface area contributed by atoms with E-state index in [-0.39, 0.29) is 16.6 Å². The molecule has 0 bridgehead atoms. The van der Waals surface area contributed by atoms with E-state index in [1.165, 1.54) is 37.8 Å². The maximum atomic E-state index is 13.0. The van der Waals surface area contributed by atoms with Crippen LogP contribution in [0.15, 0.2) is 53.4 Å². The van der Waals surface area contributed by atoms with E-state index in [9.17, 15) is 17.6 Å². The third kappa shape index (κ3) is 5.85. The molecule has 2 aliphatic rings. The van der Waals surface area contributed by atoms with Crippen molar-refractivity contribution in [2.75, 3.05) is 0 Å². The quantitative estimate of drug-likeness (QED) is 0.507. The van der Waals surface area contributed by atoms with E-state index < -0.39 is 15.9 Å². The van der Waals surface area contributed by atoms with Crippen molar-refractivity contribution in [3.63, 3.8) is 0 Å². The zero-order valence-electron chi connectivity index (χ0n) is 17.5. The molecular weight excluding hydrogens is 417 g/mol. The molecule has 1 amide bonds. The summed E-state index contributed by atoms with van der Waals surface area (Å²) in [6.07, 6.45) is 8.76. The molecule has 0 N–H and O–H groups in total. The van der Waals surface area contributed by atoms with E-state index in [0.717, 1.165) is 37.0 Å². The second kappa shape index (κ2) is 9.39. The molecule has 2 aromatic carbocycles. The number of nitrogens with zero attached hydrogens (tertiary/aromatic N) is 1. The van der Waals surface area contributed by atoms with Crippen LogP contribution in [0.4, 0.5) is 4.39 Å². The van der Waals surface area contributed by atoms with Crippen molar-refractivity contribution in [1.82, 2.24) is 4.90 Å². The molecule has 2 aliphatic carbocycles. The first-order valence-electron chi connectivity index (χ1n) is 11.0. The SMILES string of the molecule is O=C(CCC1CCCC1)N(Cc1ccc(OS(=O)(=O)c2ccc(F)cc2)cc1)C1CC1. The molecule has 31 heavy (non-hydrogen) atoms. The second-order valence-corrected chi connectivity index (χ2v) is 10.1. The summed E-state index contributed by atoms with van der Waals surface area (Å²) in [6.45, 7) is 0.527. The number of rotatable bonds is 9. The molecule has 0 atom stereocenters. The molecule has 0 heterocycles. The standard InChI is InChI=1S/C24H28FNO4S/c25-20-8-14-23(15-9-20)31(28,29)30-22-12-5-19(6-13-22)17-26(21-10-11-21)24(27)16-7-18-3-1-2-4-18/h5-6,8-9,12-15,18,21H,1-4,7,10-11,16-17H2. The van der Waals surface area contributed by atoms with Crippen LogP contribution in [0.3, 0.4) is 0 Å². The molecule has 4 rings (SSSR count). The molecule has 0 unspecified atom stereocenters. The fourth-order valence-electron chi connectivity index (χ4n) is 4.20. The van der Waals surface area contributed by atoms with Crippen molar-refractivity contribution in [2.24, 2.45) is 5.92 Å². The Bertz CT molecular complexity index is 995. The molecule has 0 spiro atoms. The minimum absolute atomic E-state index is 0.106. The number of carbonyl (C=O) groups excluding carboxylic acids is 1. The van der Waals surface area contributed by atoms with Gasteiger partial charge in [-0.3, -0.25) is 4.79 Å². The van der Waals surface area contributed by atoms with Gasteiger partial charge in [0.1, 0.15) is 16.5 Å². The van der Waals surface area contributed by atoms with Crippen LogP contribution < -0.4 is 4.18 Å². The van der Waals surface area contributed by atoms with E-state index in [1.807, 2.05) is 4.90 Å². The van der Waals surface area contributed by atoms with E-state index in [0.29, 0.717) is 24.9 Å². The number of halogens is 1. The minimum atomic E-state index is -4.03. The van der Waals surface area contributed by atoms with Gasteiger partial charge in [0, 0.05) is 19.0 Å². The van der Waals surface area contributed by atoms with E-state index >= 15 is 0 Å². The zero-order valence-corrected chi connectivity index (χ0v) is 18.3. The van der Waals surface area contributed by atoms with Gasteiger partial charge in [0.2, 0.25) is 5.91 Å². The van der Waals surface area contributed by atoms with Crippen molar-refractivity contribution in [3.8, 4) is 5.75 Å². The van der Waals surface area contributed by atoms with Gasteiger partial charge in [-0.25, -0.2) is 4.39 Å². The third-order valence-corrected chi connectivity index (χ3v) is 7.40. The van der Waals surface area contributed by atoms with Crippen LogP contribution >= 0.6 is 0 Å². The van der Waals surface area contributed by atoms with Gasteiger partial charge in [0.05, 0.1) is 0 Å². The fraction of sp³-hybridized carbons (Fsp3) is 0.458. The van der Waals surface area contributed by atoms with Crippen LogP contribution in [0.1, 0.15) is 56.9 Å². The summed E-state index contributed by atoms with van der Waals surface area (Å²) in [5, 5.41) is 0. The number of amides is 1. The summed E-state index contributed by atoms with van der Waals surface area (Å²) in [6, 6.07) is 11.6. The van der Waals surface area contributed by atoms with Crippen LogP contribution in [-0.2, 0) is 21.5 Å². The highest BCUT2D eigenvalue weighted by Gasteiger charge is 2.32. The first kappa shape index (κ1) is 21.8. The Hall–Kier alpha value is -2.41. The Labute approximate surface area is 183 Å². The molecule has 0 saturated heterocycles. The van der Waals surface area contributed by atoms with Gasteiger partial charge in [0.25, 0.3) is 0 Å². The Kier molecular flexibility index (Phi) is 6.60. The smallest absolute Gasteiger partial charge is 0.339 e. The van der Waals surface area contributed by atoms with Crippen molar-refractivity contribution >= 4 is 16.0 Å². The molecule has 166 valence electrons. The molecule has 0 aliphatic heterocycles. The van der Waals surface area contributed by atoms with Crippen LogP contribution in [0.25, 0.3) is 0 Å². The van der Waals surface area contributed by atoms with Gasteiger partial charge < -0.3 is 9.08 Å². The van der Waals surface area contributed by atoms with Gasteiger partial charge in [-0.05, 0) is 67.1 Å². The van der Waals surface area contributed by atoms with E-state index in [4.69, 9.17) is 4.18 Å². The molecule has 2 fully saturated rings. The first-order chi connectivity index (χ1) is 14.9. The number of hydrogen-bond acceptors (Lipinski definition) is 4. The Morgan fingerprint density at radius 2 is 1.61 bits per heavy atom.